The highest BCUT2D eigenvalue weighted by molar-refractivity contribution is 14.1. The number of halogens is 2. The monoisotopic (exact) mass is 592 g/mol. The standard InChI is InChI=1S/C21H18BrIN6O2/c22-16-17(28-29-19(16)27-20(30)14-3-1-2-4-15(14)23)21(31)26-11-12-5-7-13(8-6-12)18-24-9-10-25-18/h1-8H,9-11H2,(H,24,25)(H,26,31)(H2,27,28,29,30). The minimum absolute atomic E-state index is 0.235. The fourth-order valence-corrected chi connectivity index (χ4v) is 4.11. The summed E-state index contributed by atoms with van der Waals surface area (Å²) in [7, 11) is 0. The number of aromatic nitrogens is 2. The molecule has 1 aromatic heterocycles. The van der Waals surface area contributed by atoms with Crippen molar-refractivity contribution in [3.05, 3.63) is 79.0 Å². The molecule has 4 N–H and O–H groups in total. The van der Waals surface area contributed by atoms with Gasteiger partial charge in [0, 0.05) is 22.2 Å². The quantitative estimate of drug-likeness (QED) is 0.329. The summed E-state index contributed by atoms with van der Waals surface area (Å²) in [6, 6.07) is 15.1. The van der Waals surface area contributed by atoms with Gasteiger partial charge in [-0.05, 0) is 56.2 Å². The number of H-pyrrole nitrogens is 1. The number of carbonyl (C=O) groups excluding carboxylic acids is 2. The van der Waals surface area contributed by atoms with Crippen molar-refractivity contribution in [3.63, 3.8) is 0 Å². The molecule has 1 aliphatic rings. The third kappa shape index (κ3) is 4.96. The van der Waals surface area contributed by atoms with Gasteiger partial charge in [-0.25, -0.2) is 0 Å². The lowest BCUT2D eigenvalue weighted by atomic mass is 10.1. The van der Waals surface area contributed by atoms with Crippen LogP contribution in [0, 0.1) is 3.57 Å². The Morgan fingerprint density at radius 3 is 2.58 bits per heavy atom. The number of hydrogen-bond donors (Lipinski definition) is 4. The minimum atomic E-state index is -0.333. The van der Waals surface area contributed by atoms with E-state index in [1.54, 1.807) is 12.1 Å². The first-order chi connectivity index (χ1) is 15.0. The van der Waals surface area contributed by atoms with Crippen molar-refractivity contribution in [2.75, 3.05) is 18.4 Å². The molecular formula is C21H18BrIN6O2. The van der Waals surface area contributed by atoms with Crippen LogP contribution in [0.2, 0.25) is 0 Å². The van der Waals surface area contributed by atoms with Gasteiger partial charge in [0.2, 0.25) is 0 Å². The van der Waals surface area contributed by atoms with Gasteiger partial charge in [-0.3, -0.25) is 19.7 Å². The lowest BCUT2D eigenvalue weighted by Crippen LogP contribution is -2.24. The Morgan fingerprint density at radius 1 is 1.10 bits per heavy atom. The Balaban J connectivity index is 1.37. The SMILES string of the molecule is O=C(Nc1n[nH]c(C(=O)NCc2ccc(C3=NCCN3)cc2)c1Br)c1ccccc1I. The zero-order valence-electron chi connectivity index (χ0n) is 16.2. The maximum Gasteiger partial charge on any atom is 0.270 e. The van der Waals surface area contributed by atoms with Gasteiger partial charge < -0.3 is 16.0 Å². The highest BCUT2D eigenvalue weighted by atomic mass is 127. The van der Waals surface area contributed by atoms with Crippen LogP contribution in [0.15, 0.2) is 58.0 Å². The zero-order chi connectivity index (χ0) is 21.8. The molecule has 158 valence electrons. The number of anilines is 1. The van der Waals surface area contributed by atoms with E-state index in [1.807, 2.05) is 36.4 Å². The highest BCUT2D eigenvalue weighted by Gasteiger charge is 2.20. The van der Waals surface area contributed by atoms with Crippen LogP contribution in [-0.4, -0.2) is 40.9 Å². The molecular weight excluding hydrogens is 575 g/mol. The molecule has 1 aliphatic heterocycles. The fourth-order valence-electron chi connectivity index (χ4n) is 3.02. The first-order valence-corrected chi connectivity index (χ1v) is 11.4. The minimum Gasteiger partial charge on any atom is -0.368 e. The van der Waals surface area contributed by atoms with Gasteiger partial charge in [-0.1, -0.05) is 36.4 Å². The summed E-state index contributed by atoms with van der Waals surface area (Å²) in [5.74, 6) is 0.520. The predicted molar refractivity (Wildman–Crippen MR) is 130 cm³/mol. The van der Waals surface area contributed by atoms with E-state index in [4.69, 9.17) is 0 Å². The number of carbonyl (C=O) groups is 2. The second-order valence-electron chi connectivity index (χ2n) is 6.73. The highest BCUT2D eigenvalue weighted by Crippen LogP contribution is 2.25. The van der Waals surface area contributed by atoms with Crippen LogP contribution in [0.3, 0.4) is 0 Å². The summed E-state index contributed by atoms with van der Waals surface area (Å²) in [4.78, 5) is 29.5. The van der Waals surface area contributed by atoms with Crippen LogP contribution in [0.1, 0.15) is 32.0 Å². The van der Waals surface area contributed by atoms with Crippen LogP contribution in [0.4, 0.5) is 5.82 Å². The maximum absolute atomic E-state index is 12.6. The number of amides is 2. The van der Waals surface area contributed by atoms with Gasteiger partial charge >= 0.3 is 0 Å². The van der Waals surface area contributed by atoms with Gasteiger partial charge in [0.15, 0.2) is 5.82 Å². The Morgan fingerprint density at radius 2 is 1.87 bits per heavy atom. The molecule has 0 aliphatic carbocycles. The predicted octanol–water partition coefficient (Wildman–Crippen LogP) is 3.31. The number of nitrogens with zero attached hydrogens (tertiary/aromatic N) is 2. The van der Waals surface area contributed by atoms with Crippen LogP contribution < -0.4 is 16.0 Å². The van der Waals surface area contributed by atoms with Crippen LogP contribution >= 0.6 is 38.5 Å². The van der Waals surface area contributed by atoms with Gasteiger partial charge in [0.05, 0.1) is 16.6 Å². The van der Waals surface area contributed by atoms with E-state index in [9.17, 15) is 9.59 Å². The molecule has 2 aromatic carbocycles. The Bertz CT molecular complexity index is 1160. The summed E-state index contributed by atoms with van der Waals surface area (Å²) in [6.07, 6.45) is 0. The average molecular weight is 593 g/mol. The molecule has 0 saturated carbocycles. The summed E-state index contributed by atoms with van der Waals surface area (Å²) < 4.78 is 1.22. The van der Waals surface area contributed by atoms with Crippen molar-refractivity contribution >= 4 is 62.0 Å². The Kier molecular flexibility index (Phi) is 6.66. The van der Waals surface area contributed by atoms with Crippen molar-refractivity contribution in [1.82, 2.24) is 20.8 Å². The summed E-state index contributed by atoms with van der Waals surface area (Å²) in [6.45, 7) is 2.01. The van der Waals surface area contributed by atoms with Gasteiger partial charge in [-0.15, -0.1) is 0 Å². The van der Waals surface area contributed by atoms with Crippen LogP contribution in [-0.2, 0) is 6.54 Å². The smallest absolute Gasteiger partial charge is 0.270 e. The molecule has 4 rings (SSSR count). The van der Waals surface area contributed by atoms with Crippen molar-refractivity contribution in [2.24, 2.45) is 4.99 Å². The molecule has 0 atom stereocenters. The number of rotatable bonds is 6. The Hall–Kier alpha value is -2.73. The number of aliphatic imine (C=N–C) groups is 1. The summed E-state index contributed by atoms with van der Waals surface area (Å²) >= 11 is 5.45. The second kappa shape index (κ2) is 9.60. The number of nitrogens with one attached hydrogen (secondary N) is 4. The number of amidine groups is 1. The van der Waals surface area contributed by atoms with Crippen molar-refractivity contribution in [3.8, 4) is 0 Å². The average Bonchev–Trinajstić information content (AvgIpc) is 3.43. The molecule has 0 fully saturated rings. The molecule has 2 amide bonds. The van der Waals surface area contributed by atoms with E-state index in [0.29, 0.717) is 16.6 Å². The first-order valence-electron chi connectivity index (χ1n) is 9.48. The number of hydrogen-bond acceptors (Lipinski definition) is 5. The van der Waals surface area contributed by atoms with E-state index in [0.717, 1.165) is 33.6 Å². The van der Waals surface area contributed by atoms with Crippen molar-refractivity contribution in [1.29, 1.82) is 0 Å². The lowest BCUT2D eigenvalue weighted by Gasteiger charge is -2.07. The van der Waals surface area contributed by atoms with E-state index in [2.05, 4.69) is 69.7 Å². The zero-order valence-corrected chi connectivity index (χ0v) is 20.0. The molecule has 10 heteroatoms. The largest absolute Gasteiger partial charge is 0.368 e. The summed E-state index contributed by atoms with van der Waals surface area (Å²) in [5.41, 5.74) is 2.75. The molecule has 2 heterocycles. The third-order valence-electron chi connectivity index (χ3n) is 4.64. The maximum atomic E-state index is 12.6. The second-order valence-corrected chi connectivity index (χ2v) is 8.69. The fraction of sp³-hybridized carbons (Fsp3) is 0.143. The Labute approximate surface area is 200 Å². The molecule has 0 saturated heterocycles. The molecule has 31 heavy (non-hydrogen) atoms. The molecule has 8 nitrogen and oxygen atoms in total. The molecule has 3 aromatic rings. The topological polar surface area (TPSA) is 111 Å². The molecule has 0 spiro atoms. The van der Waals surface area contributed by atoms with E-state index in [1.165, 1.54) is 0 Å². The third-order valence-corrected chi connectivity index (χ3v) is 6.35. The number of aromatic amines is 1. The van der Waals surface area contributed by atoms with E-state index >= 15 is 0 Å². The van der Waals surface area contributed by atoms with Gasteiger partial charge in [-0.2, -0.15) is 5.10 Å². The van der Waals surface area contributed by atoms with E-state index in [-0.39, 0.29) is 23.3 Å². The molecule has 0 bridgehead atoms. The van der Waals surface area contributed by atoms with Crippen LogP contribution in [0.25, 0.3) is 0 Å². The van der Waals surface area contributed by atoms with E-state index < -0.39 is 0 Å². The van der Waals surface area contributed by atoms with Crippen LogP contribution in [0.5, 0.6) is 0 Å². The normalized spacial score (nSPS) is 12.8. The van der Waals surface area contributed by atoms with Crippen molar-refractivity contribution < 1.29 is 9.59 Å². The number of benzene rings is 2. The van der Waals surface area contributed by atoms with Crippen molar-refractivity contribution in [2.45, 2.75) is 6.54 Å². The molecule has 0 unspecified atom stereocenters. The summed E-state index contributed by atoms with van der Waals surface area (Å²) in [5, 5.41) is 15.5. The van der Waals surface area contributed by atoms with Gasteiger partial charge in [0.1, 0.15) is 11.5 Å². The lowest BCUT2D eigenvalue weighted by molar-refractivity contribution is 0.0944. The first kappa shape index (κ1) is 21.5. The van der Waals surface area contributed by atoms with Gasteiger partial charge in [0.25, 0.3) is 11.8 Å². The molecule has 0 radical (unpaired) electrons.